The first kappa shape index (κ1) is 21.5. The third-order valence-corrected chi connectivity index (χ3v) is 6.63. The van der Waals surface area contributed by atoms with Crippen molar-refractivity contribution < 1.29 is 4.79 Å². The number of nitrogens with zero attached hydrogens (tertiary/aromatic N) is 2. The highest BCUT2D eigenvalue weighted by atomic mass is 35.5. The van der Waals surface area contributed by atoms with E-state index in [2.05, 4.69) is 60.8 Å². The lowest BCUT2D eigenvalue weighted by Crippen LogP contribution is -2.24. The lowest BCUT2D eigenvalue weighted by molar-refractivity contribution is -0.130. The quantitative estimate of drug-likeness (QED) is 0.493. The van der Waals surface area contributed by atoms with Gasteiger partial charge < -0.3 is 5.32 Å². The Bertz CT molecular complexity index is 1260. The van der Waals surface area contributed by atoms with Crippen LogP contribution in [-0.4, -0.2) is 23.2 Å². The average Bonchev–Trinajstić information content (AvgIpc) is 3.26. The van der Waals surface area contributed by atoms with E-state index in [0.717, 1.165) is 34.5 Å². The molecule has 0 spiro atoms. The van der Waals surface area contributed by atoms with E-state index in [1.807, 2.05) is 24.3 Å². The summed E-state index contributed by atoms with van der Waals surface area (Å²) in [6, 6.07) is 24.7. The maximum atomic E-state index is 12.5. The highest BCUT2D eigenvalue weighted by molar-refractivity contribution is 6.31. The summed E-state index contributed by atoms with van der Waals surface area (Å²) < 4.78 is 0. The monoisotopic (exact) mass is 455 g/mol. The van der Waals surface area contributed by atoms with Gasteiger partial charge >= 0.3 is 0 Å². The van der Waals surface area contributed by atoms with Crippen molar-refractivity contribution in [2.45, 2.75) is 32.7 Å². The van der Waals surface area contributed by atoms with Gasteiger partial charge in [-0.2, -0.15) is 5.10 Å². The minimum atomic E-state index is -0.0932. The number of benzene rings is 3. The molecule has 1 unspecified atom stereocenters. The topological polar surface area (TPSA) is 44.7 Å². The van der Waals surface area contributed by atoms with Gasteiger partial charge in [-0.15, -0.1) is 0 Å². The Morgan fingerprint density at radius 2 is 1.85 bits per heavy atom. The van der Waals surface area contributed by atoms with Gasteiger partial charge in [-0.1, -0.05) is 71.8 Å². The van der Waals surface area contributed by atoms with Crippen LogP contribution in [0.3, 0.4) is 0 Å². The van der Waals surface area contributed by atoms with Crippen molar-refractivity contribution in [2.24, 2.45) is 5.10 Å². The molecule has 3 aromatic carbocycles. The van der Waals surface area contributed by atoms with E-state index in [1.54, 1.807) is 11.9 Å². The third-order valence-electron chi connectivity index (χ3n) is 6.39. The molecular formula is C28H26ClN3O. The van der Waals surface area contributed by atoms with Gasteiger partial charge in [0.15, 0.2) is 0 Å². The fraction of sp³-hybridized carbons (Fsp3) is 0.214. The lowest BCUT2D eigenvalue weighted by Gasteiger charge is -2.25. The number of nitrogens with one attached hydrogen (secondary N) is 1. The molecule has 0 saturated carbocycles. The molecule has 5 rings (SSSR count). The number of aryl methyl sites for hydroxylation is 1. The van der Waals surface area contributed by atoms with Crippen molar-refractivity contribution >= 4 is 34.5 Å². The van der Waals surface area contributed by atoms with Crippen LogP contribution in [0.25, 0.3) is 5.57 Å². The number of halogens is 1. The molecule has 4 nitrogen and oxygen atoms in total. The van der Waals surface area contributed by atoms with Crippen LogP contribution in [0, 0.1) is 6.92 Å². The summed E-state index contributed by atoms with van der Waals surface area (Å²) in [6.07, 6.45) is 1.47. The first-order chi connectivity index (χ1) is 16.0. The van der Waals surface area contributed by atoms with E-state index in [1.165, 1.54) is 16.7 Å². The van der Waals surface area contributed by atoms with E-state index >= 15 is 0 Å². The predicted molar refractivity (Wildman–Crippen MR) is 135 cm³/mol. The third kappa shape index (κ3) is 4.31. The van der Waals surface area contributed by atoms with E-state index in [-0.39, 0.29) is 11.9 Å². The summed E-state index contributed by atoms with van der Waals surface area (Å²) in [4.78, 5) is 12.5. The van der Waals surface area contributed by atoms with Crippen LogP contribution >= 0.6 is 11.6 Å². The average molecular weight is 456 g/mol. The van der Waals surface area contributed by atoms with Gasteiger partial charge in [-0.25, -0.2) is 5.01 Å². The Morgan fingerprint density at radius 1 is 1.09 bits per heavy atom. The van der Waals surface area contributed by atoms with Crippen LogP contribution in [0.15, 0.2) is 83.5 Å². The highest BCUT2D eigenvalue weighted by Gasteiger charge is 2.34. The van der Waals surface area contributed by atoms with Crippen LogP contribution < -0.4 is 5.32 Å². The first-order valence-electron chi connectivity index (χ1n) is 11.2. The van der Waals surface area contributed by atoms with E-state index in [0.29, 0.717) is 18.0 Å². The molecule has 1 atom stereocenters. The number of anilines is 1. The zero-order valence-corrected chi connectivity index (χ0v) is 19.6. The van der Waals surface area contributed by atoms with Gasteiger partial charge in [0.25, 0.3) is 0 Å². The maximum Gasteiger partial charge on any atom is 0.240 e. The Hall–Kier alpha value is -3.37. The number of rotatable bonds is 4. The van der Waals surface area contributed by atoms with Crippen LogP contribution in [0.1, 0.15) is 41.6 Å². The van der Waals surface area contributed by atoms with Crippen molar-refractivity contribution in [3.05, 3.63) is 106 Å². The van der Waals surface area contributed by atoms with Gasteiger partial charge in [0.05, 0.1) is 11.8 Å². The smallest absolute Gasteiger partial charge is 0.240 e. The summed E-state index contributed by atoms with van der Waals surface area (Å²) in [5, 5.41) is 10.7. The number of fused-ring (bicyclic) bond motifs is 1. The molecule has 3 aromatic rings. The van der Waals surface area contributed by atoms with Crippen molar-refractivity contribution in [2.75, 3.05) is 11.9 Å². The molecule has 5 heteroatoms. The molecule has 0 radical (unpaired) electrons. The van der Waals surface area contributed by atoms with Crippen LogP contribution in [0.4, 0.5) is 5.69 Å². The number of hydrazone groups is 1. The predicted octanol–water partition coefficient (Wildman–Crippen LogP) is 6.42. The van der Waals surface area contributed by atoms with E-state index < -0.39 is 0 Å². The summed E-state index contributed by atoms with van der Waals surface area (Å²) in [5.41, 5.74) is 9.03. The molecule has 0 saturated heterocycles. The Kier molecular flexibility index (Phi) is 5.77. The molecular weight excluding hydrogens is 430 g/mol. The fourth-order valence-corrected chi connectivity index (χ4v) is 4.85. The Balaban J connectivity index is 1.59. The van der Waals surface area contributed by atoms with E-state index in [9.17, 15) is 4.79 Å². The molecule has 1 amide bonds. The summed E-state index contributed by atoms with van der Waals surface area (Å²) >= 11 is 6.40. The number of hydrogen-bond donors (Lipinski definition) is 1. The van der Waals surface area contributed by atoms with Gasteiger partial charge in [0, 0.05) is 36.2 Å². The first-order valence-corrected chi connectivity index (χ1v) is 11.6. The Labute approximate surface area is 199 Å². The van der Waals surface area contributed by atoms with Crippen molar-refractivity contribution in [3.63, 3.8) is 0 Å². The van der Waals surface area contributed by atoms with Crippen molar-refractivity contribution in [1.82, 2.24) is 5.01 Å². The second-order valence-electron chi connectivity index (χ2n) is 8.70. The standard InChI is InChI=1S/C28H26ClN3O/c1-18-8-10-21(11-9-18)28-16-27(31-32(28)19(2)33)25-17-30-26-13-12-22(29)15-24(26)23(25)14-20-6-4-3-5-7-20/h3-13,15,28,30H,14,16-17H2,1-2H3. The lowest BCUT2D eigenvalue weighted by atomic mass is 9.86. The number of hydrogen-bond acceptors (Lipinski definition) is 3. The Morgan fingerprint density at radius 3 is 2.58 bits per heavy atom. The zero-order chi connectivity index (χ0) is 22.9. The summed E-state index contributed by atoms with van der Waals surface area (Å²) in [5.74, 6) is -0.0482. The van der Waals surface area contributed by atoms with Gasteiger partial charge in [0.1, 0.15) is 0 Å². The number of amides is 1. The van der Waals surface area contributed by atoms with E-state index in [4.69, 9.17) is 16.7 Å². The second-order valence-corrected chi connectivity index (χ2v) is 9.14. The second kappa shape index (κ2) is 8.87. The number of carbonyl (C=O) groups excluding carboxylic acids is 1. The zero-order valence-electron chi connectivity index (χ0n) is 18.8. The van der Waals surface area contributed by atoms with Crippen LogP contribution in [0.2, 0.25) is 5.02 Å². The van der Waals surface area contributed by atoms with Crippen molar-refractivity contribution in [1.29, 1.82) is 0 Å². The molecule has 1 N–H and O–H groups in total. The van der Waals surface area contributed by atoms with Crippen LogP contribution in [0.5, 0.6) is 0 Å². The molecule has 0 bridgehead atoms. The molecule has 0 aromatic heterocycles. The maximum absolute atomic E-state index is 12.5. The molecule has 0 aliphatic carbocycles. The molecule has 2 aliphatic rings. The molecule has 33 heavy (non-hydrogen) atoms. The summed E-state index contributed by atoms with van der Waals surface area (Å²) in [7, 11) is 0. The highest BCUT2D eigenvalue weighted by Crippen LogP contribution is 2.40. The van der Waals surface area contributed by atoms with Crippen molar-refractivity contribution in [3.8, 4) is 0 Å². The van der Waals surface area contributed by atoms with Gasteiger partial charge in [0.2, 0.25) is 5.91 Å². The number of allylic oxidation sites excluding steroid dienone is 1. The largest absolute Gasteiger partial charge is 0.380 e. The molecule has 2 heterocycles. The minimum Gasteiger partial charge on any atom is -0.380 e. The van der Waals surface area contributed by atoms with Crippen LogP contribution in [-0.2, 0) is 11.2 Å². The molecule has 2 aliphatic heterocycles. The SMILES string of the molecule is CC(=O)N1N=C(C2=C(Cc3ccccc3)c3cc(Cl)ccc3NC2)CC1c1ccc(C)cc1. The normalized spacial score (nSPS) is 17.5. The van der Waals surface area contributed by atoms with Gasteiger partial charge in [-0.3, -0.25) is 4.79 Å². The summed E-state index contributed by atoms with van der Waals surface area (Å²) in [6.45, 7) is 4.32. The van der Waals surface area contributed by atoms with Gasteiger partial charge in [-0.05, 0) is 53.8 Å². The number of carbonyl (C=O) groups is 1. The molecule has 166 valence electrons. The molecule has 0 fully saturated rings. The fourth-order valence-electron chi connectivity index (χ4n) is 4.68. The minimum absolute atomic E-state index is 0.0482.